The van der Waals surface area contributed by atoms with Gasteiger partial charge in [-0.3, -0.25) is 0 Å². The average Bonchev–Trinajstić information content (AvgIpc) is 1.53. The van der Waals surface area contributed by atoms with Crippen LogP contribution in [0.5, 0.6) is 0 Å². The van der Waals surface area contributed by atoms with Crippen LogP contribution in [0.4, 0.5) is 0 Å². The van der Waals surface area contributed by atoms with E-state index >= 15 is 0 Å². The summed E-state index contributed by atoms with van der Waals surface area (Å²) in [4.78, 5) is 0. The van der Waals surface area contributed by atoms with E-state index in [9.17, 15) is 0 Å². The molecule has 0 rings (SSSR count). The summed E-state index contributed by atoms with van der Waals surface area (Å²) in [6.45, 7) is 9.08. The van der Waals surface area contributed by atoms with Crippen molar-refractivity contribution in [2.24, 2.45) is 11.3 Å². The van der Waals surface area contributed by atoms with Crippen molar-refractivity contribution in [3.63, 3.8) is 0 Å². The van der Waals surface area contributed by atoms with Crippen LogP contribution in [-0.2, 0) is 11.8 Å². The largest absolute Gasteiger partial charge is 0.242 e. The van der Waals surface area contributed by atoms with Gasteiger partial charge in [0.25, 0.3) is 0 Å². The van der Waals surface area contributed by atoms with Gasteiger partial charge < -0.3 is 0 Å². The Morgan fingerprint density at radius 3 is 2.18 bits per heavy atom. The Morgan fingerprint density at radius 1 is 1.45 bits per heavy atom. The van der Waals surface area contributed by atoms with Gasteiger partial charge in [0, 0.05) is 5.41 Å². The van der Waals surface area contributed by atoms with Crippen LogP contribution in [0.25, 0.3) is 0 Å². The maximum absolute atomic E-state index is 5.11. The zero-order chi connectivity index (χ0) is 9.07. The molecule has 66 valence electrons. The third kappa shape index (κ3) is 7.24. The second-order valence-electron chi connectivity index (χ2n) is 4.27. The molecule has 0 bridgehead atoms. The summed E-state index contributed by atoms with van der Waals surface area (Å²) in [6, 6.07) is 0. The number of thiol groups is 1. The van der Waals surface area contributed by atoms with Crippen LogP contribution in [0.3, 0.4) is 0 Å². The van der Waals surface area contributed by atoms with Gasteiger partial charge in [-0.05, 0) is 12.3 Å². The van der Waals surface area contributed by atoms with Crippen molar-refractivity contribution in [1.82, 2.24) is 0 Å². The topological polar surface area (TPSA) is 0 Å². The molecule has 1 unspecified atom stereocenters. The lowest BCUT2D eigenvalue weighted by Gasteiger charge is -2.21. The summed E-state index contributed by atoms with van der Waals surface area (Å²) < 4.78 is 0. The van der Waals surface area contributed by atoms with E-state index in [4.69, 9.17) is 11.8 Å². The lowest BCUT2D eigenvalue weighted by Crippen LogP contribution is -2.16. The molecule has 1 atom stereocenters. The third-order valence-corrected chi connectivity index (χ3v) is 3.46. The molecule has 0 amide bonds. The minimum atomic E-state index is -0.441. The molecule has 0 fully saturated rings. The monoisotopic (exact) mass is 209 g/mol. The van der Waals surface area contributed by atoms with Gasteiger partial charge in [0.15, 0.2) is 11.8 Å². The van der Waals surface area contributed by atoms with Gasteiger partial charge >= 0.3 is 0 Å². The Bertz CT molecular complexity index is 141. The SMILES string of the molecule is CC(C)CC(C)(C)C[P+](=S)S. The molecule has 0 aromatic rings. The first-order valence-corrected chi connectivity index (χ1v) is 7.66. The maximum Gasteiger partial charge on any atom is 0.242 e. The van der Waals surface area contributed by atoms with Crippen LogP contribution in [0.15, 0.2) is 0 Å². The summed E-state index contributed by atoms with van der Waals surface area (Å²) >= 11 is 9.40. The highest BCUT2D eigenvalue weighted by molar-refractivity contribution is 8.56. The van der Waals surface area contributed by atoms with Crippen molar-refractivity contribution in [2.45, 2.75) is 34.1 Å². The number of hydrogen-bond donors (Lipinski definition) is 1. The summed E-state index contributed by atoms with van der Waals surface area (Å²) in [5.74, 6) is 0.326. The Balaban J connectivity index is 3.89. The first-order chi connectivity index (χ1) is 4.83. The number of hydrogen-bond acceptors (Lipinski definition) is 1. The van der Waals surface area contributed by atoms with Gasteiger partial charge in [-0.1, -0.05) is 27.7 Å². The fraction of sp³-hybridized carbons (Fsp3) is 1.00. The standard InChI is InChI=1S/C8H17PS2/c1-7(2)5-8(3,4)6-9(10)11/h7H,5-6H2,1-4H3/p+1. The van der Waals surface area contributed by atoms with Crippen molar-refractivity contribution in [1.29, 1.82) is 0 Å². The lowest BCUT2D eigenvalue weighted by molar-refractivity contribution is 0.327. The fourth-order valence-corrected chi connectivity index (χ4v) is 4.59. The molecule has 0 aromatic heterocycles. The average molecular weight is 209 g/mol. The first kappa shape index (κ1) is 11.9. The highest BCUT2D eigenvalue weighted by Crippen LogP contribution is 2.38. The van der Waals surface area contributed by atoms with Crippen LogP contribution >= 0.6 is 18.1 Å². The van der Waals surface area contributed by atoms with E-state index in [1.807, 2.05) is 0 Å². The molecule has 0 N–H and O–H groups in total. The van der Waals surface area contributed by atoms with Crippen LogP contribution in [0, 0.1) is 11.3 Å². The quantitative estimate of drug-likeness (QED) is 0.542. The van der Waals surface area contributed by atoms with Crippen molar-refractivity contribution >= 4 is 30.0 Å². The molecule has 0 aliphatic carbocycles. The molecule has 0 saturated heterocycles. The Hall–Kier alpha value is 0.870. The molecule has 11 heavy (non-hydrogen) atoms. The van der Waals surface area contributed by atoms with E-state index < -0.39 is 5.90 Å². The van der Waals surface area contributed by atoms with Crippen LogP contribution in [0.2, 0.25) is 0 Å². The van der Waals surface area contributed by atoms with Gasteiger partial charge in [-0.25, -0.2) is 0 Å². The molecule has 3 heteroatoms. The van der Waals surface area contributed by atoms with E-state index in [1.54, 1.807) is 0 Å². The summed E-state index contributed by atoms with van der Waals surface area (Å²) in [5, 5.41) is 0. The molecule has 0 nitrogen and oxygen atoms in total. The minimum Gasteiger partial charge on any atom is -0.0628 e. The third-order valence-electron chi connectivity index (χ3n) is 1.52. The first-order valence-electron chi connectivity index (χ1n) is 3.97. The van der Waals surface area contributed by atoms with Crippen molar-refractivity contribution in [3.8, 4) is 0 Å². The van der Waals surface area contributed by atoms with Crippen LogP contribution in [-0.4, -0.2) is 6.16 Å². The lowest BCUT2D eigenvalue weighted by atomic mass is 9.86. The van der Waals surface area contributed by atoms with E-state index in [-0.39, 0.29) is 0 Å². The van der Waals surface area contributed by atoms with Gasteiger partial charge in [0.1, 0.15) is 6.16 Å². The molecule has 0 aliphatic heterocycles. The smallest absolute Gasteiger partial charge is 0.0628 e. The normalized spacial score (nSPS) is 13.8. The second-order valence-corrected chi connectivity index (χ2v) is 8.88. The molecular weight excluding hydrogens is 191 g/mol. The van der Waals surface area contributed by atoms with E-state index in [0.717, 1.165) is 12.1 Å². The molecule has 0 aromatic carbocycles. The molecule has 0 spiro atoms. The Kier molecular flexibility index (Phi) is 5.17. The summed E-state index contributed by atoms with van der Waals surface area (Å²) in [5.41, 5.74) is 0.392. The number of rotatable bonds is 4. The van der Waals surface area contributed by atoms with Gasteiger partial charge in [-0.2, -0.15) is 0 Å². The second kappa shape index (κ2) is 4.79. The van der Waals surface area contributed by atoms with Crippen molar-refractivity contribution < 1.29 is 0 Å². The summed E-state index contributed by atoms with van der Waals surface area (Å²) in [6.07, 6.45) is 2.35. The van der Waals surface area contributed by atoms with Gasteiger partial charge in [0.2, 0.25) is 5.90 Å². The maximum atomic E-state index is 5.11. The Labute approximate surface area is 81.7 Å². The predicted octanol–water partition coefficient (Wildman–Crippen LogP) is 3.85. The summed E-state index contributed by atoms with van der Waals surface area (Å²) in [7, 11) is 0. The minimum absolute atomic E-state index is 0.392. The van der Waals surface area contributed by atoms with Gasteiger partial charge in [0.05, 0.1) is 12.2 Å². The van der Waals surface area contributed by atoms with E-state index in [1.165, 1.54) is 6.42 Å². The van der Waals surface area contributed by atoms with Crippen molar-refractivity contribution in [3.05, 3.63) is 0 Å². The Morgan fingerprint density at radius 2 is 1.91 bits per heavy atom. The van der Waals surface area contributed by atoms with E-state index in [0.29, 0.717) is 5.41 Å². The zero-order valence-corrected chi connectivity index (χ0v) is 10.4. The molecule has 0 radical (unpaired) electrons. The van der Waals surface area contributed by atoms with Crippen LogP contribution < -0.4 is 0 Å². The molecule has 0 heterocycles. The van der Waals surface area contributed by atoms with Crippen molar-refractivity contribution in [2.75, 3.05) is 6.16 Å². The van der Waals surface area contributed by atoms with Crippen LogP contribution in [0.1, 0.15) is 34.1 Å². The molecule has 0 saturated carbocycles. The molecular formula is C8H18PS2+. The zero-order valence-electron chi connectivity index (χ0n) is 7.79. The van der Waals surface area contributed by atoms with E-state index in [2.05, 4.69) is 39.9 Å². The highest BCUT2D eigenvalue weighted by Gasteiger charge is 2.25. The fourth-order valence-electron chi connectivity index (χ4n) is 1.54. The molecule has 0 aliphatic rings. The van der Waals surface area contributed by atoms with Gasteiger partial charge in [-0.15, -0.1) is 0 Å². The predicted molar refractivity (Wildman–Crippen MR) is 61.4 cm³/mol. The highest BCUT2D eigenvalue weighted by atomic mass is 32.9.